The second-order valence-electron chi connectivity index (χ2n) is 5.56. The van der Waals surface area contributed by atoms with Crippen molar-refractivity contribution in [1.29, 1.82) is 0 Å². The number of thiazole rings is 1. The number of halogens is 3. The fourth-order valence-electron chi connectivity index (χ4n) is 2.73. The largest absolute Gasteiger partial charge is 0.507 e. The molecule has 9 heteroatoms. The van der Waals surface area contributed by atoms with Crippen LogP contribution in [0.25, 0.3) is 22.5 Å². The summed E-state index contributed by atoms with van der Waals surface area (Å²) in [5.41, 5.74) is -0.683. The van der Waals surface area contributed by atoms with Crippen LogP contribution in [0.4, 0.5) is 13.2 Å². The zero-order valence-corrected chi connectivity index (χ0v) is 15.1. The molecule has 3 rings (SSSR count). The minimum absolute atomic E-state index is 0.0191. The third kappa shape index (κ3) is 3.26. The van der Waals surface area contributed by atoms with Crippen LogP contribution in [0.3, 0.4) is 0 Å². The number of aromatic nitrogens is 3. The summed E-state index contributed by atoms with van der Waals surface area (Å²) < 4.78 is 47.0. The van der Waals surface area contributed by atoms with Crippen LogP contribution in [-0.2, 0) is 13.2 Å². The predicted molar refractivity (Wildman–Crippen MR) is 92.3 cm³/mol. The number of hydrogen-bond donors (Lipinski definition) is 1. The zero-order chi connectivity index (χ0) is 19.1. The van der Waals surface area contributed by atoms with Gasteiger partial charge in [0.05, 0.1) is 22.9 Å². The molecule has 2 heterocycles. The average Bonchev–Trinajstić information content (AvgIpc) is 3.10. The maximum atomic E-state index is 13.6. The summed E-state index contributed by atoms with van der Waals surface area (Å²) in [6, 6.07) is 4.43. The lowest BCUT2D eigenvalue weighted by molar-refractivity contribution is -0.143. The number of benzene rings is 1. The first-order valence-electron chi connectivity index (χ1n) is 7.75. The smallest absolute Gasteiger partial charge is 0.433 e. The molecule has 0 bridgehead atoms. The molecule has 1 N–H and O–H groups in total. The fourth-order valence-corrected chi connectivity index (χ4v) is 3.33. The molecule has 0 aliphatic rings. The van der Waals surface area contributed by atoms with Crippen molar-refractivity contribution in [2.45, 2.75) is 20.0 Å². The maximum Gasteiger partial charge on any atom is 0.433 e. The van der Waals surface area contributed by atoms with Crippen LogP contribution >= 0.6 is 11.3 Å². The molecule has 0 fully saturated rings. The lowest BCUT2D eigenvalue weighted by Crippen LogP contribution is -2.13. The summed E-state index contributed by atoms with van der Waals surface area (Å²) in [6.07, 6.45) is -4.62. The van der Waals surface area contributed by atoms with Gasteiger partial charge in [0.1, 0.15) is 17.2 Å². The van der Waals surface area contributed by atoms with Crippen molar-refractivity contribution in [2.24, 2.45) is 7.05 Å². The normalized spacial score (nSPS) is 11.8. The highest BCUT2D eigenvalue weighted by molar-refractivity contribution is 7.09. The SMILES string of the molecule is CCOc1ccc(-c2nn(C)c(C(F)(F)F)c2-c2csc(C)n2)c(O)c1. The van der Waals surface area contributed by atoms with Gasteiger partial charge in [-0.1, -0.05) is 0 Å². The van der Waals surface area contributed by atoms with Gasteiger partial charge in [-0.25, -0.2) is 4.98 Å². The first-order valence-corrected chi connectivity index (χ1v) is 8.63. The molecule has 138 valence electrons. The van der Waals surface area contributed by atoms with Crippen molar-refractivity contribution in [3.63, 3.8) is 0 Å². The summed E-state index contributed by atoms with van der Waals surface area (Å²) in [5, 5.41) is 16.5. The van der Waals surface area contributed by atoms with Crippen molar-refractivity contribution >= 4 is 11.3 Å². The molecule has 0 spiro atoms. The number of phenolic OH excluding ortho intramolecular Hbond substituents is 1. The number of rotatable bonds is 4. The number of ether oxygens (including phenoxy) is 1. The Bertz CT molecular complexity index is 947. The zero-order valence-electron chi connectivity index (χ0n) is 14.3. The molecule has 0 atom stereocenters. The Hall–Kier alpha value is -2.55. The van der Waals surface area contributed by atoms with Gasteiger partial charge >= 0.3 is 6.18 Å². The molecule has 5 nitrogen and oxygen atoms in total. The highest BCUT2D eigenvalue weighted by atomic mass is 32.1. The van der Waals surface area contributed by atoms with E-state index in [0.717, 1.165) is 4.68 Å². The number of aryl methyl sites for hydroxylation is 2. The number of phenols is 1. The van der Waals surface area contributed by atoms with E-state index >= 15 is 0 Å². The molecule has 0 amide bonds. The third-order valence-corrected chi connectivity index (χ3v) is 4.50. The molecule has 2 aromatic heterocycles. The Morgan fingerprint density at radius 1 is 1.31 bits per heavy atom. The van der Waals surface area contributed by atoms with Gasteiger partial charge in [0, 0.05) is 24.1 Å². The molecule has 26 heavy (non-hydrogen) atoms. The number of alkyl halides is 3. The Balaban J connectivity index is 2.26. The van der Waals surface area contributed by atoms with Gasteiger partial charge in [-0.05, 0) is 26.0 Å². The predicted octanol–water partition coefficient (Wildman–Crippen LogP) is 4.64. The quantitative estimate of drug-likeness (QED) is 0.713. The molecule has 0 saturated heterocycles. The highest BCUT2D eigenvalue weighted by Gasteiger charge is 2.40. The molecule has 1 aromatic carbocycles. The lowest BCUT2D eigenvalue weighted by atomic mass is 10.0. The lowest BCUT2D eigenvalue weighted by Gasteiger charge is -2.10. The van der Waals surface area contributed by atoms with Crippen molar-refractivity contribution in [2.75, 3.05) is 6.61 Å². The topological polar surface area (TPSA) is 60.2 Å². The first-order chi connectivity index (χ1) is 12.2. The van der Waals surface area contributed by atoms with Gasteiger partial charge in [0.2, 0.25) is 0 Å². The van der Waals surface area contributed by atoms with Crippen molar-refractivity contribution in [3.05, 3.63) is 34.3 Å². The van der Waals surface area contributed by atoms with Crippen LogP contribution < -0.4 is 4.74 Å². The summed E-state index contributed by atoms with van der Waals surface area (Å²) in [7, 11) is 1.22. The van der Waals surface area contributed by atoms with E-state index in [1.165, 1.54) is 30.5 Å². The Morgan fingerprint density at radius 3 is 2.58 bits per heavy atom. The van der Waals surface area contributed by atoms with E-state index < -0.39 is 11.9 Å². The van der Waals surface area contributed by atoms with Crippen molar-refractivity contribution < 1.29 is 23.0 Å². The van der Waals surface area contributed by atoms with E-state index in [2.05, 4.69) is 10.1 Å². The van der Waals surface area contributed by atoms with Gasteiger partial charge in [0.15, 0.2) is 5.69 Å². The van der Waals surface area contributed by atoms with Crippen LogP contribution in [-0.4, -0.2) is 26.5 Å². The second-order valence-corrected chi connectivity index (χ2v) is 6.62. The van der Waals surface area contributed by atoms with Crippen molar-refractivity contribution in [1.82, 2.24) is 14.8 Å². The molecule has 0 radical (unpaired) electrons. The molecule has 0 aliphatic heterocycles. The van der Waals surface area contributed by atoms with Crippen LogP contribution in [0.1, 0.15) is 17.6 Å². The van der Waals surface area contributed by atoms with Gasteiger partial charge in [0.25, 0.3) is 0 Å². The summed E-state index contributed by atoms with van der Waals surface area (Å²) in [5.74, 6) is 0.211. The summed E-state index contributed by atoms with van der Waals surface area (Å²) in [4.78, 5) is 4.19. The maximum absolute atomic E-state index is 13.6. The van der Waals surface area contributed by atoms with Gasteiger partial charge in [-0.15, -0.1) is 11.3 Å². The molecular formula is C17H16F3N3O2S. The van der Waals surface area contributed by atoms with E-state index in [4.69, 9.17) is 4.74 Å². The molecule has 0 unspecified atom stereocenters. The average molecular weight is 383 g/mol. The van der Waals surface area contributed by atoms with Crippen LogP contribution in [0.2, 0.25) is 0 Å². The number of aromatic hydroxyl groups is 1. The van der Waals surface area contributed by atoms with E-state index in [9.17, 15) is 18.3 Å². The van der Waals surface area contributed by atoms with Crippen LogP contribution in [0, 0.1) is 6.92 Å². The molecule has 3 aromatic rings. The Labute approximate surface area is 151 Å². The number of hydrogen-bond acceptors (Lipinski definition) is 5. The monoisotopic (exact) mass is 383 g/mol. The molecule has 0 saturated carbocycles. The minimum atomic E-state index is -4.62. The molecule has 0 aliphatic carbocycles. The van der Waals surface area contributed by atoms with Crippen LogP contribution in [0.15, 0.2) is 23.6 Å². The van der Waals surface area contributed by atoms with Crippen molar-refractivity contribution in [3.8, 4) is 34.0 Å². The number of nitrogens with zero attached hydrogens (tertiary/aromatic N) is 3. The second kappa shape index (κ2) is 6.64. The molecular weight excluding hydrogens is 367 g/mol. The first kappa shape index (κ1) is 18.2. The van der Waals surface area contributed by atoms with Gasteiger partial charge in [-0.2, -0.15) is 18.3 Å². The Morgan fingerprint density at radius 2 is 2.04 bits per heavy atom. The van der Waals surface area contributed by atoms with E-state index in [0.29, 0.717) is 17.4 Å². The highest BCUT2D eigenvalue weighted by Crippen LogP contribution is 2.44. The van der Waals surface area contributed by atoms with E-state index in [-0.39, 0.29) is 28.3 Å². The standard InChI is InChI=1S/C17H16F3N3O2S/c1-4-25-10-5-6-11(13(24)7-10)15-14(12-8-26-9(2)21-12)16(17(18,19)20)23(3)22-15/h5-8,24H,4H2,1-3H3. The fraction of sp³-hybridized carbons (Fsp3) is 0.294. The van der Waals surface area contributed by atoms with Gasteiger partial charge < -0.3 is 9.84 Å². The minimum Gasteiger partial charge on any atom is -0.507 e. The van der Waals surface area contributed by atoms with Gasteiger partial charge in [-0.3, -0.25) is 4.68 Å². The third-order valence-electron chi connectivity index (χ3n) is 3.73. The summed E-state index contributed by atoms with van der Waals surface area (Å²) >= 11 is 1.25. The van der Waals surface area contributed by atoms with E-state index in [1.54, 1.807) is 25.3 Å². The Kier molecular flexibility index (Phi) is 4.66. The van der Waals surface area contributed by atoms with E-state index in [1.807, 2.05) is 0 Å². The summed E-state index contributed by atoms with van der Waals surface area (Å²) in [6.45, 7) is 3.91. The van der Waals surface area contributed by atoms with Crippen LogP contribution in [0.5, 0.6) is 11.5 Å².